The number of benzene rings is 2. The molecule has 4 rings (SSSR count). The minimum Gasteiger partial charge on any atom is -0.497 e. The molecular formula is C25H24F6N4O2S. The van der Waals surface area contributed by atoms with Crippen molar-refractivity contribution < 1.29 is 35.9 Å². The van der Waals surface area contributed by atoms with Crippen LogP contribution in [0.1, 0.15) is 45.7 Å². The molecule has 0 saturated carbocycles. The molecule has 2 aromatic carbocycles. The number of nitrogens with one attached hydrogen (secondary N) is 1. The topological polar surface area (TPSA) is 67.3 Å². The first-order chi connectivity index (χ1) is 17.9. The Morgan fingerprint density at radius 2 is 1.71 bits per heavy atom. The van der Waals surface area contributed by atoms with E-state index in [2.05, 4.69) is 19.6 Å². The molecule has 6 nitrogen and oxygen atoms in total. The largest absolute Gasteiger partial charge is 0.497 e. The number of amides is 1. The third-order valence-electron chi connectivity index (χ3n) is 6.24. The maximum atomic E-state index is 13.1. The molecular weight excluding hydrogens is 534 g/mol. The van der Waals surface area contributed by atoms with Crippen molar-refractivity contribution in [2.45, 2.75) is 31.6 Å². The lowest BCUT2D eigenvalue weighted by Gasteiger charge is -2.31. The molecule has 3 aromatic rings. The van der Waals surface area contributed by atoms with Gasteiger partial charge in [0.05, 0.1) is 18.2 Å². The van der Waals surface area contributed by atoms with E-state index in [0.29, 0.717) is 50.3 Å². The Labute approximate surface area is 218 Å². The zero-order chi connectivity index (χ0) is 27.5. The monoisotopic (exact) mass is 558 g/mol. The fourth-order valence-corrected chi connectivity index (χ4v) is 4.90. The first-order valence-corrected chi connectivity index (χ1v) is 12.5. The summed E-state index contributed by atoms with van der Waals surface area (Å²) in [6.45, 7) is 1.41. The smallest absolute Gasteiger partial charge is 0.416 e. The molecule has 204 valence electrons. The minimum atomic E-state index is -5.01. The summed E-state index contributed by atoms with van der Waals surface area (Å²) in [7, 11) is 1.60. The standard InChI is InChI=1S/C25H24F6N4O2S/c1-37-20-4-2-3-16(9-20)10-21-33-23(38-34-21)35-7-5-15(6-8-35)14-32-22(36)17-11-18(24(26,27)28)13-19(12-17)25(29,30)31/h2-4,9,11-13,15H,5-8,10,14H2,1H3,(H,32,36). The van der Waals surface area contributed by atoms with Crippen molar-refractivity contribution in [3.05, 3.63) is 70.5 Å². The van der Waals surface area contributed by atoms with E-state index in [4.69, 9.17) is 4.74 Å². The summed E-state index contributed by atoms with van der Waals surface area (Å²) in [5.74, 6) is 0.482. The van der Waals surface area contributed by atoms with Crippen molar-refractivity contribution in [1.29, 1.82) is 0 Å². The van der Waals surface area contributed by atoms with Crippen LogP contribution in [0.5, 0.6) is 5.75 Å². The summed E-state index contributed by atoms with van der Waals surface area (Å²) >= 11 is 1.29. The zero-order valence-electron chi connectivity index (χ0n) is 20.2. The molecule has 1 aliphatic rings. The number of halogens is 6. The summed E-state index contributed by atoms with van der Waals surface area (Å²) in [5.41, 5.74) is -2.70. The van der Waals surface area contributed by atoms with Crippen LogP contribution in [0.3, 0.4) is 0 Å². The number of alkyl halides is 6. The van der Waals surface area contributed by atoms with Gasteiger partial charge in [-0.2, -0.15) is 30.7 Å². The highest BCUT2D eigenvalue weighted by Gasteiger charge is 2.37. The van der Waals surface area contributed by atoms with E-state index >= 15 is 0 Å². The summed E-state index contributed by atoms with van der Waals surface area (Å²) < 4.78 is 88.1. The van der Waals surface area contributed by atoms with E-state index in [-0.39, 0.29) is 18.5 Å². The average Bonchev–Trinajstić information content (AvgIpc) is 3.34. The number of hydrogen-bond donors (Lipinski definition) is 1. The van der Waals surface area contributed by atoms with Gasteiger partial charge in [-0.15, -0.1) is 0 Å². The molecule has 13 heteroatoms. The van der Waals surface area contributed by atoms with Crippen LogP contribution in [0.25, 0.3) is 0 Å². The van der Waals surface area contributed by atoms with E-state index in [9.17, 15) is 31.1 Å². The van der Waals surface area contributed by atoms with Gasteiger partial charge in [0.1, 0.15) is 11.6 Å². The Morgan fingerprint density at radius 1 is 1.05 bits per heavy atom. The lowest BCUT2D eigenvalue weighted by molar-refractivity contribution is -0.143. The lowest BCUT2D eigenvalue weighted by atomic mass is 9.97. The fourth-order valence-electron chi connectivity index (χ4n) is 4.16. The van der Waals surface area contributed by atoms with Gasteiger partial charge in [0.15, 0.2) is 0 Å². The van der Waals surface area contributed by atoms with Gasteiger partial charge in [-0.05, 0) is 54.7 Å². The van der Waals surface area contributed by atoms with Crippen molar-refractivity contribution in [3.8, 4) is 5.75 Å². The second-order valence-electron chi connectivity index (χ2n) is 8.96. The number of piperidine rings is 1. The van der Waals surface area contributed by atoms with Gasteiger partial charge >= 0.3 is 12.4 Å². The Bertz CT molecular complexity index is 1240. The number of hydrogen-bond acceptors (Lipinski definition) is 6. The predicted octanol–water partition coefficient (Wildman–Crippen LogP) is 5.82. The van der Waals surface area contributed by atoms with Crippen molar-refractivity contribution >= 4 is 22.6 Å². The van der Waals surface area contributed by atoms with E-state index in [0.717, 1.165) is 16.4 Å². The highest BCUT2D eigenvalue weighted by atomic mass is 32.1. The molecule has 1 N–H and O–H groups in total. The second kappa shape index (κ2) is 11.2. The number of ether oxygens (including phenoxy) is 1. The van der Waals surface area contributed by atoms with Gasteiger partial charge in [-0.3, -0.25) is 4.79 Å². The van der Waals surface area contributed by atoms with E-state index in [1.54, 1.807) is 7.11 Å². The van der Waals surface area contributed by atoms with E-state index in [1.807, 2.05) is 24.3 Å². The number of carbonyl (C=O) groups is 1. The molecule has 0 spiro atoms. The maximum absolute atomic E-state index is 13.1. The first-order valence-electron chi connectivity index (χ1n) is 11.7. The molecule has 1 aromatic heterocycles. The maximum Gasteiger partial charge on any atom is 0.416 e. The van der Waals surface area contributed by atoms with Gasteiger partial charge in [-0.25, -0.2) is 4.98 Å². The molecule has 38 heavy (non-hydrogen) atoms. The highest BCUT2D eigenvalue weighted by molar-refractivity contribution is 7.09. The van der Waals surface area contributed by atoms with Gasteiger partial charge in [0.2, 0.25) is 5.13 Å². The number of anilines is 1. The van der Waals surface area contributed by atoms with Crippen LogP contribution in [-0.4, -0.2) is 42.0 Å². The van der Waals surface area contributed by atoms with Crippen LogP contribution in [0, 0.1) is 5.92 Å². The Hall–Kier alpha value is -3.35. The van der Waals surface area contributed by atoms with Crippen LogP contribution in [0.4, 0.5) is 31.5 Å². The normalized spacial score (nSPS) is 15.0. The summed E-state index contributed by atoms with van der Waals surface area (Å²) in [6, 6.07) is 8.51. The molecule has 0 unspecified atom stereocenters. The van der Waals surface area contributed by atoms with Gasteiger partial charge in [0.25, 0.3) is 5.91 Å². The molecule has 1 aliphatic heterocycles. The number of nitrogens with zero attached hydrogens (tertiary/aromatic N) is 3. The first kappa shape index (κ1) is 27.7. The summed E-state index contributed by atoms with van der Waals surface area (Å²) in [4.78, 5) is 19.1. The van der Waals surface area contributed by atoms with E-state index < -0.39 is 35.0 Å². The molecule has 0 atom stereocenters. The Kier molecular flexibility index (Phi) is 8.14. The number of carbonyl (C=O) groups excluding carboxylic acids is 1. The fraction of sp³-hybridized carbons (Fsp3) is 0.400. The van der Waals surface area contributed by atoms with Crippen LogP contribution < -0.4 is 15.0 Å². The molecule has 1 amide bonds. The highest BCUT2D eigenvalue weighted by Crippen LogP contribution is 2.36. The van der Waals surface area contributed by atoms with Crippen molar-refractivity contribution in [3.63, 3.8) is 0 Å². The van der Waals surface area contributed by atoms with Crippen LogP contribution in [0.2, 0.25) is 0 Å². The van der Waals surface area contributed by atoms with Gasteiger partial charge in [0, 0.05) is 43.2 Å². The van der Waals surface area contributed by atoms with Crippen LogP contribution in [0.15, 0.2) is 42.5 Å². The number of aromatic nitrogens is 2. The average molecular weight is 559 g/mol. The number of methoxy groups -OCH3 is 1. The molecule has 0 aliphatic carbocycles. The van der Waals surface area contributed by atoms with Crippen molar-refractivity contribution in [2.24, 2.45) is 5.92 Å². The van der Waals surface area contributed by atoms with Crippen molar-refractivity contribution in [2.75, 3.05) is 31.6 Å². The lowest BCUT2D eigenvalue weighted by Crippen LogP contribution is -2.38. The summed E-state index contributed by atoms with van der Waals surface area (Å²) in [6.07, 6.45) is -8.13. The Balaban J connectivity index is 1.31. The quantitative estimate of drug-likeness (QED) is 0.370. The minimum absolute atomic E-state index is 0.00207. The van der Waals surface area contributed by atoms with Crippen molar-refractivity contribution in [1.82, 2.24) is 14.7 Å². The van der Waals surface area contributed by atoms with Gasteiger partial charge < -0.3 is 15.0 Å². The zero-order valence-corrected chi connectivity index (χ0v) is 21.0. The molecule has 2 heterocycles. The molecule has 1 fully saturated rings. The second-order valence-corrected chi connectivity index (χ2v) is 9.69. The van der Waals surface area contributed by atoms with E-state index in [1.165, 1.54) is 11.5 Å². The Morgan fingerprint density at radius 3 is 2.32 bits per heavy atom. The molecule has 0 radical (unpaired) electrons. The number of rotatable bonds is 7. The van der Waals surface area contributed by atoms with Crippen LogP contribution >= 0.6 is 11.5 Å². The molecule has 0 bridgehead atoms. The third-order valence-corrected chi connectivity index (χ3v) is 7.05. The SMILES string of the molecule is COc1cccc(Cc2nsc(N3CCC(CNC(=O)c4cc(C(F)(F)F)cc(C(F)(F)F)c4)CC3)n2)c1. The van der Waals surface area contributed by atoms with Crippen LogP contribution in [-0.2, 0) is 18.8 Å². The molecule has 1 saturated heterocycles. The summed E-state index contributed by atoms with van der Waals surface area (Å²) in [5, 5.41) is 3.27. The predicted molar refractivity (Wildman–Crippen MR) is 129 cm³/mol. The third kappa shape index (κ3) is 6.94. The van der Waals surface area contributed by atoms with Gasteiger partial charge in [-0.1, -0.05) is 12.1 Å².